The smallest absolute Gasteiger partial charge is 0.316 e. The molecule has 2 N–H and O–H groups in total. The second kappa shape index (κ2) is 4.09. The van der Waals surface area contributed by atoms with Crippen molar-refractivity contribution in [3.63, 3.8) is 0 Å². The first-order valence-electron chi connectivity index (χ1n) is 4.30. The van der Waals surface area contributed by atoms with Crippen LogP contribution in [0.4, 0.5) is 18.9 Å². The van der Waals surface area contributed by atoms with Crippen molar-refractivity contribution in [2.75, 3.05) is 0 Å². The molecule has 0 unspecified atom stereocenters. The summed E-state index contributed by atoms with van der Waals surface area (Å²) in [5.74, 6) is 0. The van der Waals surface area contributed by atoms with Crippen molar-refractivity contribution in [3.8, 4) is 0 Å². The average molecular weight is 234 g/mol. The van der Waals surface area contributed by atoms with Gasteiger partial charge in [0.05, 0.1) is 4.92 Å². The van der Waals surface area contributed by atoms with E-state index in [1.165, 1.54) is 6.92 Å². The standard InChI is InChI=1S/C9H9F3N2O2/c1-5-4-6(14(15)16)2-3-7(5)8(13)9(10,11)12/h2-4,8H,13H2,1H3/t8-/m0/s1. The van der Waals surface area contributed by atoms with E-state index in [0.29, 0.717) is 0 Å². The Morgan fingerprint density at radius 1 is 1.44 bits per heavy atom. The van der Waals surface area contributed by atoms with Crippen molar-refractivity contribution in [3.05, 3.63) is 39.4 Å². The minimum Gasteiger partial charge on any atom is -0.316 e. The van der Waals surface area contributed by atoms with Crippen LogP contribution in [0.1, 0.15) is 17.2 Å². The van der Waals surface area contributed by atoms with Crippen molar-refractivity contribution in [1.82, 2.24) is 0 Å². The van der Waals surface area contributed by atoms with Gasteiger partial charge in [-0.2, -0.15) is 13.2 Å². The zero-order valence-corrected chi connectivity index (χ0v) is 8.28. The topological polar surface area (TPSA) is 69.2 Å². The Hall–Kier alpha value is -1.63. The number of rotatable bonds is 2. The van der Waals surface area contributed by atoms with Gasteiger partial charge < -0.3 is 5.73 Å². The van der Waals surface area contributed by atoms with Gasteiger partial charge >= 0.3 is 6.18 Å². The van der Waals surface area contributed by atoms with E-state index < -0.39 is 17.1 Å². The third-order valence-corrected chi connectivity index (χ3v) is 2.15. The van der Waals surface area contributed by atoms with Crippen LogP contribution in [0.25, 0.3) is 0 Å². The summed E-state index contributed by atoms with van der Waals surface area (Å²) in [5, 5.41) is 10.4. The first-order chi connectivity index (χ1) is 7.23. The van der Waals surface area contributed by atoms with E-state index in [0.717, 1.165) is 18.2 Å². The van der Waals surface area contributed by atoms with Crippen molar-refractivity contribution in [2.24, 2.45) is 5.73 Å². The highest BCUT2D eigenvalue weighted by molar-refractivity contribution is 5.40. The summed E-state index contributed by atoms with van der Waals surface area (Å²) in [6.45, 7) is 1.36. The lowest BCUT2D eigenvalue weighted by Crippen LogP contribution is -2.29. The van der Waals surface area contributed by atoms with E-state index in [4.69, 9.17) is 5.73 Å². The predicted octanol–water partition coefficient (Wildman–Crippen LogP) is 2.47. The number of alkyl halides is 3. The zero-order chi connectivity index (χ0) is 12.5. The minimum atomic E-state index is -4.55. The van der Waals surface area contributed by atoms with Gasteiger partial charge in [0.15, 0.2) is 0 Å². The van der Waals surface area contributed by atoms with Gasteiger partial charge in [0, 0.05) is 12.1 Å². The maximum absolute atomic E-state index is 12.3. The number of non-ortho nitro benzene ring substituents is 1. The lowest BCUT2D eigenvalue weighted by atomic mass is 10.0. The average Bonchev–Trinajstić information content (AvgIpc) is 2.15. The number of nitro groups is 1. The van der Waals surface area contributed by atoms with Gasteiger partial charge in [-0.15, -0.1) is 0 Å². The fourth-order valence-corrected chi connectivity index (χ4v) is 1.30. The molecule has 0 amide bonds. The maximum atomic E-state index is 12.3. The van der Waals surface area contributed by atoms with Gasteiger partial charge in [-0.05, 0) is 18.1 Å². The van der Waals surface area contributed by atoms with Crippen LogP contribution in [0.5, 0.6) is 0 Å². The van der Waals surface area contributed by atoms with Gasteiger partial charge in [0.2, 0.25) is 0 Å². The Morgan fingerprint density at radius 3 is 2.38 bits per heavy atom. The van der Waals surface area contributed by atoms with Gasteiger partial charge in [-0.3, -0.25) is 10.1 Å². The van der Waals surface area contributed by atoms with E-state index >= 15 is 0 Å². The monoisotopic (exact) mass is 234 g/mol. The van der Waals surface area contributed by atoms with E-state index in [-0.39, 0.29) is 16.8 Å². The number of nitrogens with zero attached hydrogens (tertiary/aromatic N) is 1. The van der Waals surface area contributed by atoms with Crippen molar-refractivity contribution < 1.29 is 18.1 Å². The third kappa shape index (κ3) is 2.48. The number of halogens is 3. The summed E-state index contributed by atoms with van der Waals surface area (Å²) in [6.07, 6.45) is -4.55. The van der Waals surface area contributed by atoms with Crippen LogP contribution in [0, 0.1) is 17.0 Å². The van der Waals surface area contributed by atoms with Crippen LogP contribution in [0.15, 0.2) is 18.2 Å². The van der Waals surface area contributed by atoms with Crippen LogP contribution in [-0.4, -0.2) is 11.1 Å². The number of benzene rings is 1. The Balaban J connectivity index is 3.13. The fourth-order valence-electron chi connectivity index (χ4n) is 1.30. The summed E-state index contributed by atoms with van der Waals surface area (Å²) in [4.78, 5) is 9.71. The number of hydrogen-bond donors (Lipinski definition) is 1. The lowest BCUT2D eigenvalue weighted by Gasteiger charge is -2.17. The molecule has 1 aromatic rings. The highest BCUT2D eigenvalue weighted by Gasteiger charge is 2.38. The second-order valence-electron chi connectivity index (χ2n) is 3.32. The lowest BCUT2D eigenvalue weighted by molar-refractivity contribution is -0.384. The first-order valence-corrected chi connectivity index (χ1v) is 4.30. The van der Waals surface area contributed by atoms with Crippen LogP contribution < -0.4 is 5.73 Å². The molecule has 4 nitrogen and oxygen atoms in total. The molecule has 0 saturated heterocycles. The van der Waals surface area contributed by atoms with E-state index in [9.17, 15) is 23.3 Å². The van der Waals surface area contributed by atoms with E-state index in [1.807, 2.05) is 0 Å². The van der Waals surface area contributed by atoms with Crippen LogP contribution in [0.3, 0.4) is 0 Å². The SMILES string of the molecule is Cc1cc([N+](=O)[O-])ccc1[C@H](N)C(F)(F)F. The first kappa shape index (κ1) is 12.4. The van der Waals surface area contributed by atoms with Crippen LogP contribution in [-0.2, 0) is 0 Å². The number of nitro benzene ring substituents is 1. The van der Waals surface area contributed by atoms with Crippen molar-refractivity contribution in [2.45, 2.75) is 19.1 Å². The highest BCUT2D eigenvalue weighted by atomic mass is 19.4. The fraction of sp³-hybridized carbons (Fsp3) is 0.333. The molecule has 0 fully saturated rings. The largest absolute Gasteiger partial charge is 0.407 e. The molecule has 0 bridgehead atoms. The predicted molar refractivity (Wildman–Crippen MR) is 50.8 cm³/mol. The second-order valence-corrected chi connectivity index (χ2v) is 3.32. The van der Waals surface area contributed by atoms with Gasteiger partial charge in [-0.1, -0.05) is 6.07 Å². The van der Waals surface area contributed by atoms with Crippen molar-refractivity contribution >= 4 is 5.69 Å². The molecule has 1 atom stereocenters. The summed E-state index contributed by atoms with van der Waals surface area (Å²) in [7, 11) is 0. The van der Waals surface area contributed by atoms with E-state index in [2.05, 4.69) is 0 Å². The third-order valence-electron chi connectivity index (χ3n) is 2.15. The molecule has 0 aliphatic heterocycles. The van der Waals surface area contributed by atoms with Crippen molar-refractivity contribution in [1.29, 1.82) is 0 Å². The molecule has 0 aliphatic rings. The molecular formula is C9H9F3N2O2. The number of hydrogen-bond acceptors (Lipinski definition) is 3. The van der Waals surface area contributed by atoms with Crippen LogP contribution >= 0.6 is 0 Å². The summed E-state index contributed by atoms with van der Waals surface area (Å²) in [6, 6.07) is 0.994. The molecule has 0 heterocycles. The summed E-state index contributed by atoms with van der Waals surface area (Å²) in [5.41, 5.74) is 4.75. The molecule has 0 radical (unpaired) electrons. The molecule has 7 heteroatoms. The summed E-state index contributed by atoms with van der Waals surface area (Å²) >= 11 is 0. The quantitative estimate of drug-likeness (QED) is 0.631. The Morgan fingerprint density at radius 2 is 2.00 bits per heavy atom. The minimum absolute atomic E-state index is 0.152. The molecule has 0 saturated carbocycles. The van der Waals surface area contributed by atoms with E-state index in [1.54, 1.807) is 0 Å². The van der Waals surface area contributed by atoms with Crippen LogP contribution in [0.2, 0.25) is 0 Å². The molecule has 1 aromatic carbocycles. The molecule has 16 heavy (non-hydrogen) atoms. The molecule has 0 aromatic heterocycles. The number of aryl methyl sites for hydroxylation is 1. The highest BCUT2D eigenvalue weighted by Crippen LogP contribution is 2.33. The normalized spacial score (nSPS) is 13.6. The Labute approximate surface area is 89.0 Å². The molecule has 0 aliphatic carbocycles. The van der Waals surface area contributed by atoms with Gasteiger partial charge in [0.1, 0.15) is 6.04 Å². The molecule has 0 spiro atoms. The molecular weight excluding hydrogens is 225 g/mol. The van der Waals surface area contributed by atoms with Gasteiger partial charge in [0.25, 0.3) is 5.69 Å². The molecule has 1 rings (SSSR count). The maximum Gasteiger partial charge on any atom is 0.407 e. The zero-order valence-electron chi connectivity index (χ0n) is 8.28. The number of nitrogens with two attached hydrogens (primary N) is 1. The van der Waals surface area contributed by atoms with Gasteiger partial charge in [-0.25, -0.2) is 0 Å². The molecule has 88 valence electrons. The Kier molecular flexibility index (Phi) is 3.18. The summed E-state index contributed by atoms with van der Waals surface area (Å²) < 4.78 is 36.9. The Bertz CT molecular complexity index is 418.